The molecule has 0 bridgehead atoms. The Labute approximate surface area is 84.1 Å². The van der Waals surface area contributed by atoms with Crippen LogP contribution in [0, 0.1) is 5.92 Å². The first-order valence-electron chi connectivity index (χ1n) is 4.76. The van der Waals surface area contributed by atoms with Crippen molar-refractivity contribution in [2.75, 3.05) is 6.54 Å². The monoisotopic (exact) mass is 193 g/mol. The number of allylic oxidation sites excluding steroid dienone is 2. The van der Waals surface area contributed by atoms with Gasteiger partial charge in [0, 0.05) is 13.0 Å². The maximum Gasteiger partial charge on any atom is 0.234 e. The molecule has 1 atom stereocenters. The van der Waals surface area contributed by atoms with Crippen LogP contribution in [0.4, 0.5) is 0 Å². The van der Waals surface area contributed by atoms with E-state index in [-0.39, 0.29) is 17.7 Å². The quantitative estimate of drug-likeness (QED) is 0.490. The molecule has 0 N–H and O–H groups in total. The zero-order valence-electron chi connectivity index (χ0n) is 8.24. The number of imide groups is 1. The summed E-state index contributed by atoms with van der Waals surface area (Å²) in [6.07, 6.45) is 5.09. The van der Waals surface area contributed by atoms with E-state index < -0.39 is 0 Å². The highest BCUT2D eigenvalue weighted by Crippen LogP contribution is 2.22. The van der Waals surface area contributed by atoms with E-state index in [1.807, 2.05) is 0 Å². The number of nitrogens with zero attached hydrogens (tertiary/aromatic N) is 1. The maximum absolute atomic E-state index is 11.4. The third-order valence-electron chi connectivity index (χ3n) is 2.33. The number of hydrogen-bond acceptors (Lipinski definition) is 2. The molecule has 14 heavy (non-hydrogen) atoms. The summed E-state index contributed by atoms with van der Waals surface area (Å²) in [6.45, 7) is 7.65. The molecule has 0 aromatic carbocycles. The zero-order chi connectivity index (χ0) is 10.6. The molecule has 1 fully saturated rings. The van der Waals surface area contributed by atoms with E-state index in [0.717, 1.165) is 0 Å². The molecule has 1 aliphatic rings. The van der Waals surface area contributed by atoms with Crippen LogP contribution in [0.1, 0.15) is 19.3 Å². The summed E-state index contributed by atoms with van der Waals surface area (Å²) < 4.78 is 0. The molecular weight excluding hydrogens is 178 g/mol. The Morgan fingerprint density at radius 3 is 2.71 bits per heavy atom. The molecule has 0 aliphatic carbocycles. The van der Waals surface area contributed by atoms with Crippen LogP contribution >= 0.6 is 0 Å². The van der Waals surface area contributed by atoms with Gasteiger partial charge in [0.15, 0.2) is 0 Å². The van der Waals surface area contributed by atoms with Gasteiger partial charge < -0.3 is 0 Å². The molecule has 1 saturated heterocycles. The molecular formula is C11H15NO2. The summed E-state index contributed by atoms with van der Waals surface area (Å²) >= 11 is 0. The van der Waals surface area contributed by atoms with Crippen LogP contribution in [0.15, 0.2) is 25.3 Å². The summed E-state index contributed by atoms with van der Waals surface area (Å²) in [5.74, 6) is -0.158. The highest BCUT2D eigenvalue weighted by atomic mass is 16.2. The lowest BCUT2D eigenvalue weighted by Crippen LogP contribution is -2.54. The molecule has 0 aromatic rings. The van der Waals surface area contributed by atoms with Gasteiger partial charge in [-0.15, -0.1) is 13.2 Å². The molecule has 3 heteroatoms. The second-order valence-electron chi connectivity index (χ2n) is 3.39. The Bertz CT molecular complexity index is 262. The van der Waals surface area contributed by atoms with Crippen molar-refractivity contribution in [2.24, 2.45) is 5.92 Å². The van der Waals surface area contributed by atoms with Gasteiger partial charge in [0.2, 0.25) is 11.8 Å². The minimum Gasteiger partial charge on any atom is -0.282 e. The van der Waals surface area contributed by atoms with E-state index in [9.17, 15) is 9.59 Å². The molecule has 76 valence electrons. The number of rotatable bonds is 5. The molecule has 0 unspecified atom stereocenters. The first-order chi connectivity index (χ1) is 6.70. The summed E-state index contributed by atoms with van der Waals surface area (Å²) in [6, 6.07) is 0. The van der Waals surface area contributed by atoms with E-state index in [0.29, 0.717) is 25.8 Å². The predicted octanol–water partition coefficient (Wildman–Crippen LogP) is 1.51. The Balaban J connectivity index is 2.36. The smallest absolute Gasteiger partial charge is 0.234 e. The van der Waals surface area contributed by atoms with Gasteiger partial charge in [-0.05, 0) is 12.8 Å². The van der Waals surface area contributed by atoms with Crippen molar-refractivity contribution in [3.05, 3.63) is 25.3 Å². The zero-order valence-corrected chi connectivity index (χ0v) is 8.24. The van der Waals surface area contributed by atoms with Gasteiger partial charge in [-0.3, -0.25) is 14.5 Å². The highest BCUT2D eigenvalue weighted by molar-refractivity contribution is 6.00. The lowest BCUT2D eigenvalue weighted by molar-refractivity contribution is -0.158. The third-order valence-corrected chi connectivity index (χ3v) is 2.33. The van der Waals surface area contributed by atoms with Crippen LogP contribution in [0.5, 0.6) is 0 Å². The van der Waals surface area contributed by atoms with E-state index in [1.54, 1.807) is 12.2 Å². The normalized spacial score (nSPS) is 20.1. The number of carbonyl (C=O) groups excluding carboxylic acids is 2. The molecule has 0 saturated carbocycles. The van der Waals surface area contributed by atoms with Crippen LogP contribution in [-0.2, 0) is 9.59 Å². The average molecular weight is 193 g/mol. The molecule has 2 amide bonds. The lowest BCUT2D eigenvalue weighted by atomic mass is 9.94. The topological polar surface area (TPSA) is 37.4 Å². The van der Waals surface area contributed by atoms with Gasteiger partial charge in [-0.2, -0.15) is 0 Å². The largest absolute Gasteiger partial charge is 0.282 e. The SMILES string of the molecule is C=CCCC(=O)N1C[C@@H](CC=C)C1=O. The first kappa shape index (κ1) is 10.7. The van der Waals surface area contributed by atoms with Crippen molar-refractivity contribution >= 4 is 11.8 Å². The molecule has 1 aliphatic heterocycles. The Morgan fingerprint density at radius 2 is 2.21 bits per heavy atom. The van der Waals surface area contributed by atoms with Crippen LogP contribution in [-0.4, -0.2) is 23.3 Å². The van der Waals surface area contributed by atoms with Crippen LogP contribution in [0.3, 0.4) is 0 Å². The van der Waals surface area contributed by atoms with Crippen LogP contribution in [0.25, 0.3) is 0 Å². The van der Waals surface area contributed by atoms with E-state index >= 15 is 0 Å². The molecule has 1 heterocycles. The van der Waals surface area contributed by atoms with Gasteiger partial charge in [-0.25, -0.2) is 0 Å². The summed E-state index contributed by atoms with van der Waals surface area (Å²) in [5.41, 5.74) is 0. The number of hydrogen-bond donors (Lipinski definition) is 0. The van der Waals surface area contributed by atoms with E-state index in [2.05, 4.69) is 13.2 Å². The predicted molar refractivity (Wildman–Crippen MR) is 54.5 cm³/mol. The summed E-state index contributed by atoms with van der Waals surface area (Å²) in [4.78, 5) is 24.1. The van der Waals surface area contributed by atoms with Gasteiger partial charge in [0.05, 0.1) is 5.92 Å². The highest BCUT2D eigenvalue weighted by Gasteiger charge is 2.38. The minimum absolute atomic E-state index is 0.0137. The standard InChI is InChI=1S/C11H15NO2/c1-3-5-7-10(13)12-8-9(6-4-2)11(12)14/h3-4,9H,1-2,5-8H2/t9-/m1/s1. The summed E-state index contributed by atoms with van der Waals surface area (Å²) in [7, 11) is 0. The van der Waals surface area contributed by atoms with Crippen molar-refractivity contribution < 1.29 is 9.59 Å². The molecule has 3 nitrogen and oxygen atoms in total. The van der Waals surface area contributed by atoms with Crippen LogP contribution < -0.4 is 0 Å². The second-order valence-corrected chi connectivity index (χ2v) is 3.39. The number of carbonyl (C=O) groups is 2. The van der Waals surface area contributed by atoms with E-state index in [4.69, 9.17) is 0 Å². The van der Waals surface area contributed by atoms with E-state index in [1.165, 1.54) is 4.90 Å². The third kappa shape index (κ3) is 2.10. The molecule has 0 aromatic heterocycles. The Kier molecular flexibility index (Phi) is 3.63. The van der Waals surface area contributed by atoms with Gasteiger partial charge in [0.1, 0.15) is 0 Å². The minimum atomic E-state index is -0.0878. The van der Waals surface area contributed by atoms with Crippen molar-refractivity contribution in [3.63, 3.8) is 0 Å². The summed E-state index contributed by atoms with van der Waals surface area (Å²) in [5, 5.41) is 0. The molecule has 0 radical (unpaired) electrons. The Morgan fingerprint density at radius 1 is 1.50 bits per heavy atom. The van der Waals surface area contributed by atoms with Crippen molar-refractivity contribution in [2.45, 2.75) is 19.3 Å². The number of likely N-dealkylation sites (tertiary alicyclic amines) is 1. The number of amides is 2. The fourth-order valence-corrected chi connectivity index (χ4v) is 1.46. The fourth-order valence-electron chi connectivity index (χ4n) is 1.46. The van der Waals surface area contributed by atoms with Crippen molar-refractivity contribution in [1.82, 2.24) is 4.90 Å². The lowest BCUT2D eigenvalue weighted by Gasteiger charge is -2.36. The average Bonchev–Trinajstić information content (AvgIpc) is 2.19. The molecule has 0 spiro atoms. The van der Waals surface area contributed by atoms with Crippen LogP contribution in [0.2, 0.25) is 0 Å². The van der Waals surface area contributed by atoms with Gasteiger partial charge >= 0.3 is 0 Å². The van der Waals surface area contributed by atoms with Gasteiger partial charge in [-0.1, -0.05) is 12.2 Å². The fraction of sp³-hybridized carbons (Fsp3) is 0.455. The first-order valence-corrected chi connectivity index (χ1v) is 4.76. The molecule has 1 rings (SSSR count). The second kappa shape index (κ2) is 4.74. The maximum atomic E-state index is 11.4. The van der Waals surface area contributed by atoms with Gasteiger partial charge in [0.25, 0.3) is 0 Å². The van der Waals surface area contributed by atoms with Crippen molar-refractivity contribution in [1.29, 1.82) is 0 Å². The number of β-lactam (4-membered cyclic amide) rings is 1. The van der Waals surface area contributed by atoms with Crippen molar-refractivity contribution in [3.8, 4) is 0 Å². The Hall–Kier alpha value is -1.38.